The van der Waals surface area contributed by atoms with Gasteiger partial charge in [-0.05, 0) is 61.4 Å². The molecule has 1 aliphatic heterocycles. The largest absolute Gasteiger partial charge is 0.486 e. The molecule has 7 nitrogen and oxygen atoms in total. The minimum absolute atomic E-state index is 0.00439. The first kappa shape index (κ1) is 21.2. The maximum absolute atomic E-state index is 12.6. The van der Waals surface area contributed by atoms with Crippen molar-refractivity contribution in [3.63, 3.8) is 0 Å². The van der Waals surface area contributed by atoms with E-state index in [1.54, 1.807) is 24.3 Å². The smallest absolute Gasteiger partial charge is 0.253 e. The van der Waals surface area contributed by atoms with E-state index in [0.29, 0.717) is 41.9 Å². The van der Waals surface area contributed by atoms with Crippen LogP contribution in [0.1, 0.15) is 41.6 Å². The predicted octanol–water partition coefficient (Wildman–Crippen LogP) is 3.51. The SMILES string of the molecule is Cc1cc(OCC(=O)CC23CC(NC(=O)c4ccc(OC5COC5)nc4)(C2)C3)ccc1Cl. The van der Waals surface area contributed by atoms with E-state index >= 15 is 0 Å². The molecule has 6 rings (SSSR count). The highest BCUT2D eigenvalue weighted by Crippen LogP contribution is 2.69. The van der Waals surface area contributed by atoms with Gasteiger partial charge in [-0.2, -0.15) is 0 Å². The van der Waals surface area contributed by atoms with Gasteiger partial charge in [0.2, 0.25) is 5.88 Å². The second-order valence-corrected chi connectivity index (χ2v) is 9.75. The van der Waals surface area contributed by atoms with E-state index in [4.69, 9.17) is 25.8 Å². The van der Waals surface area contributed by atoms with Crippen LogP contribution in [-0.4, -0.2) is 48.1 Å². The van der Waals surface area contributed by atoms with E-state index in [1.807, 2.05) is 13.0 Å². The number of rotatable bonds is 9. The standard InChI is InChI=1S/C24H25ClN2O5/c1-15-6-18(3-4-20(15)25)31-9-17(28)7-23-12-24(13-23,14-23)27-22(29)16-2-5-21(26-8-16)32-19-10-30-11-19/h2-6,8,19H,7,9-14H2,1H3,(H,27,29). The minimum atomic E-state index is -0.191. The summed E-state index contributed by atoms with van der Waals surface area (Å²) in [4.78, 5) is 29.2. The summed E-state index contributed by atoms with van der Waals surface area (Å²) in [7, 11) is 0. The number of Topliss-reactive ketones (excluding diaryl/α,β-unsaturated/α-hetero) is 1. The molecule has 0 atom stereocenters. The monoisotopic (exact) mass is 456 g/mol. The average molecular weight is 457 g/mol. The maximum Gasteiger partial charge on any atom is 0.253 e. The highest BCUT2D eigenvalue weighted by atomic mass is 35.5. The van der Waals surface area contributed by atoms with Crippen LogP contribution in [0.25, 0.3) is 0 Å². The molecule has 8 heteroatoms. The van der Waals surface area contributed by atoms with Gasteiger partial charge in [-0.3, -0.25) is 9.59 Å². The second kappa shape index (κ2) is 8.05. The lowest BCUT2D eigenvalue weighted by molar-refractivity contribution is -0.162. The molecule has 32 heavy (non-hydrogen) atoms. The number of amides is 1. The fourth-order valence-corrected chi connectivity index (χ4v) is 5.13. The Morgan fingerprint density at radius 3 is 2.62 bits per heavy atom. The number of halogens is 1. The van der Waals surface area contributed by atoms with Gasteiger partial charge in [0.15, 0.2) is 5.78 Å². The molecule has 0 radical (unpaired) electrons. The fourth-order valence-electron chi connectivity index (χ4n) is 5.01. The van der Waals surface area contributed by atoms with E-state index in [1.165, 1.54) is 6.20 Å². The first-order valence-corrected chi connectivity index (χ1v) is 11.2. The van der Waals surface area contributed by atoms with Gasteiger partial charge in [-0.1, -0.05) is 11.6 Å². The Kier molecular flexibility index (Phi) is 5.34. The number of nitrogens with one attached hydrogen (secondary N) is 1. The normalized spacial score (nSPS) is 25.7. The van der Waals surface area contributed by atoms with Crippen molar-refractivity contribution < 1.29 is 23.8 Å². The van der Waals surface area contributed by atoms with Crippen molar-refractivity contribution in [1.82, 2.24) is 10.3 Å². The van der Waals surface area contributed by atoms with Crippen molar-refractivity contribution >= 4 is 23.3 Å². The summed E-state index contributed by atoms with van der Waals surface area (Å²) in [5, 5.41) is 3.80. The van der Waals surface area contributed by atoms with Crippen molar-refractivity contribution in [2.75, 3.05) is 19.8 Å². The van der Waals surface area contributed by atoms with Gasteiger partial charge in [0.05, 0.1) is 18.8 Å². The minimum Gasteiger partial charge on any atom is -0.486 e. The quantitative estimate of drug-likeness (QED) is 0.621. The molecule has 1 N–H and O–H groups in total. The van der Waals surface area contributed by atoms with Crippen LogP contribution in [0.5, 0.6) is 11.6 Å². The molecule has 1 aromatic heterocycles. The number of aromatic nitrogens is 1. The van der Waals surface area contributed by atoms with Crippen molar-refractivity contribution in [3.8, 4) is 11.6 Å². The summed E-state index contributed by atoms with van der Waals surface area (Å²) in [6.07, 6.45) is 4.54. The first-order valence-electron chi connectivity index (χ1n) is 10.8. The van der Waals surface area contributed by atoms with E-state index in [2.05, 4.69) is 10.3 Å². The molecule has 3 aliphatic carbocycles. The third kappa shape index (κ3) is 4.19. The molecule has 4 aliphatic rings. The molecular weight excluding hydrogens is 432 g/mol. The first-order chi connectivity index (χ1) is 15.3. The van der Waals surface area contributed by atoms with Gasteiger partial charge in [-0.15, -0.1) is 0 Å². The molecule has 2 bridgehead atoms. The van der Waals surface area contributed by atoms with Gasteiger partial charge in [0, 0.05) is 29.2 Å². The van der Waals surface area contributed by atoms with Crippen molar-refractivity contribution in [3.05, 3.63) is 52.7 Å². The molecule has 168 valence electrons. The van der Waals surface area contributed by atoms with Gasteiger partial charge in [0.1, 0.15) is 18.5 Å². The van der Waals surface area contributed by atoms with E-state index in [0.717, 1.165) is 24.8 Å². The molecule has 1 saturated heterocycles. The van der Waals surface area contributed by atoms with E-state index in [-0.39, 0.29) is 35.4 Å². The number of pyridine rings is 1. The molecule has 3 saturated carbocycles. The molecular formula is C24H25ClN2O5. The van der Waals surface area contributed by atoms with Crippen LogP contribution in [-0.2, 0) is 9.53 Å². The van der Waals surface area contributed by atoms with Crippen molar-refractivity contribution in [2.45, 2.75) is 44.2 Å². The number of ether oxygens (including phenoxy) is 3. The Morgan fingerprint density at radius 1 is 1.22 bits per heavy atom. The lowest BCUT2D eigenvalue weighted by Crippen LogP contribution is -2.75. The van der Waals surface area contributed by atoms with Crippen molar-refractivity contribution in [1.29, 1.82) is 0 Å². The predicted molar refractivity (Wildman–Crippen MR) is 117 cm³/mol. The number of ketones is 1. The van der Waals surface area contributed by atoms with E-state index in [9.17, 15) is 9.59 Å². The summed E-state index contributed by atoms with van der Waals surface area (Å²) in [6.45, 7) is 3.10. The Labute approximate surface area is 191 Å². The van der Waals surface area contributed by atoms with Gasteiger partial charge >= 0.3 is 0 Å². The van der Waals surface area contributed by atoms with Gasteiger partial charge in [-0.25, -0.2) is 4.98 Å². The number of carbonyl (C=O) groups is 2. The Balaban J connectivity index is 1.06. The number of nitrogens with zero attached hydrogens (tertiary/aromatic N) is 1. The zero-order valence-corrected chi connectivity index (χ0v) is 18.6. The van der Waals surface area contributed by atoms with Crippen LogP contribution in [0.4, 0.5) is 0 Å². The Hall–Kier alpha value is -2.64. The highest BCUT2D eigenvalue weighted by molar-refractivity contribution is 6.31. The van der Waals surface area contributed by atoms with Crippen molar-refractivity contribution in [2.24, 2.45) is 5.41 Å². The third-order valence-corrected chi connectivity index (χ3v) is 6.94. The van der Waals surface area contributed by atoms with Crippen LogP contribution >= 0.6 is 11.6 Å². The van der Waals surface area contributed by atoms with E-state index < -0.39 is 0 Å². The van der Waals surface area contributed by atoms with Crippen LogP contribution in [0.3, 0.4) is 0 Å². The fraction of sp³-hybridized carbons (Fsp3) is 0.458. The lowest BCUT2D eigenvalue weighted by atomic mass is 9.38. The number of aryl methyl sites for hydroxylation is 1. The summed E-state index contributed by atoms with van der Waals surface area (Å²) in [5.74, 6) is 1.08. The number of benzene rings is 1. The molecule has 0 spiro atoms. The maximum atomic E-state index is 12.6. The van der Waals surface area contributed by atoms with Crippen LogP contribution in [0.15, 0.2) is 36.5 Å². The summed E-state index contributed by atoms with van der Waals surface area (Å²) in [5.41, 5.74) is 1.23. The lowest BCUT2D eigenvalue weighted by Gasteiger charge is -2.70. The average Bonchev–Trinajstić information content (AvgIpc) is 2.69. The van der Waals surface area contributed by atoms with Crippen LogP contribution in [0, 0.1) is 12.3 Å². The summed E-state index contributed by atoms with van der Waals surface area (Å²) in [6, 6.07) is 8.79. The molecule has 2 aromatic rings. The Bertz CT molecular complexity index is 1030. The zero-order chi connectivity index (χ0) is 22.3. The van der Waals surface area contributed by atoms with Crippen LogP contribution < -0.4 is 14.8 Å². The summed E-state index contributed by atoms with van der Waals surface area (Å²) >= 11 is 6.02. The van der Waals surface area contributed by atoms with Crippen LogP contribution in [0.2, 0.25) is 5.02 Å². The third-order valence-electron chi connectivity index (χ3n) is 6.51. The highest BCUT2D eigenvalue weighted by Gasteiger charge is 2.68. The number of hydrogen-bond donors (Lipinski definition) is 1. The molecule has 2 heterocycles. The zero-order valence-electron chi connectivity index (χ0n) is 17.9. The molecule has 1 aromatic carbocycles. The number of carbonyl (C=O) groups excluding carboxylic acids is 2. The Morgan fingerprint density at radius 2 is 2.00 bits per heavy atom. The topological polar surface area (TPSA) is 86.8 Å². The molecule has 0 unspecified atom stereocenters. The van der Waals surface area contributed by atoms with Gasteiger partial charge < -0.3 is 19.5 Å². The summed E-state index contributed by atoms with van der Waals surface area (Å²) < 4.78 is 16.3. The second-order valence-electron chi connectivity index (χ2n) is 9.34. The molecule has 1 amide bonds. The molecule has 4 fully saturated rings. The van der Waals surface area contributed by atoms with Gasteiger partial charge in [0.25, 0.3) is 5.91 Å². The number of hydrogen-bond acceptors (Lipinski definition) is 6.